The summed E-state index contributed by atoms with van der Waals surface area (Å²) in [4.78, 5) is 46.1. The van der Waals surface area contributed by atoms with Gasteiger partial charge < -0.3 is 15.3 Å². The minimum absolute atomic E-state index is 0.00229. The second-order valence-electron chi connectivity index (χ2n) is 5.25. The third-order valence-corrected chi connectivity index (χ3v) is 3.46. The van der Waals surface area contributed by atoms with Gasteiger partial charge in [0.25, 0.3) is 11.6 Å². The lowest BCUT2D eigenvalue weighted by Crippen LogP contribution is -2.46. The van der Waals surface area contributed by atoms with Crippen molar-refractivity contribution in [2.45, 2.75) is 26.8 Å². The average Bonchev–Trinajstić information content (AvgIpc) is 2.49. The van der Waals surface area contributed by atoms with Gasteiger partial charge in [-0.1, -0.05) is 0 Å². The van der Waals surface area contributed by atoms with Crippen molar-refractivity contribution < 1.29 is 24.4 Å². The number of nitrogens with one attached hydrogen (secondary N) is 1. The van der Waals surface area contributed by atoms with E-state index < -0.39 is 22.8 Å². The molecule has 9 heteroatoms. The van der Waals surface area contributed by atoms with Gasteiger partial charge in [-0.3, -0.25) is 19.7 Å². The zero-order valence-electron chi connectivity index (χ0n) is 13.6. The monoisotopic (exact) mass is 337 g/mol. The maximum atomic E-state index is 12.6. The number of nitro groups is 1. The van der Waals surface area contributed by atoms with Crippen molar-refractivity contribution in [3.63, 3.8) is 0 Å². The molecule has 1 rings (SSSR count). The minimum Gasteiger partial charge on any atom is -0.480 e. The van der Waals surface area contributed by atoms with Crippen LogP contribution >= 0.6 is 0 Å². The van der Waals surface area contributed by atoms with E-state index in [9.17, 15) is 29.6 Å². The third-order valence-electron chi connectivity index (χ3n) is 3.46. The number of carboxylic acids is 1. The first kappa shape index (κ1) is 19.1. The number of carboxylic acid groups (broad SMARTS) is 1. The number of hydrogen-bond acceptors (Lipinski definition) is 5. The summed E-state index contributed by atoms with van der Waals surface area (Å²) in [6.45, 7) is 4.31. The molecular weight excluding hydrogens is 318 g/mol. The Morgan fingerprint density at radius 2 is 2.00 bits per heavy atom. The van der Waals surface area contributed by atoms with Gasteiger partial charge in [-0.15, -0.1) is 0 Å². The van der Waals surface area contributed by atoms with E-state index in [2.05, 4.69) is 5.32 Å². The quantitative estimate of drug-likeness (QED) is 0.563. The van der Waals surface area contributed by atoms with Gasteiger partial charge in [-0.2, -0.15) is 0 Å². The molecule has 1 atom stereocenters. The lowest BCUT2D eigenvalue weighted by molar-refractivity contribution is -0.384. The smallest absolute Gasteiger partial charge is 0.326 e. The molecule has 2 amide bonds. The van der Waals surface area contributed by atoms with E-state index in [4.69, 9.17) is 0 Å². The van der Waals surface area contributed by atoms with E-state index in [0.29, 0.717) is 5.56 Å². The normalized spacial score (nSPS) is 11.5. The Labute approximate surface area is 138 Å². The lowest BCUT2D eigenvalue weighted by atomic mass is 10.1. The zero-order valence-corrected chi connectivity index (χ0v) is 13.6. The van der Waals surface area contributed by atoms with Crippen LogP contribution in [0.3, 0.4) is 0 Å². The Hall–Kier alpha value is -2.97. The fourth-order valence-electron chi connectivity index (χ4n) is 2.11. The number of amides is 2. The van der Waals surface area contributed by atoms with Gasteiger partial charge in [-0.05, 0) is 25.5 Å². The first-order chi connectivity index (χ1) is 11.1. The van der Waals surface area contributed by atoms with Crippen LogP contribution in [0, 0.1) is 17.0 Å². The van der Waals surface area contributed by atoms with Gasteiger partial charge in [0.1, 0.15) is 6.04 Å². The number of rotatable bonds is 7. The first-order valence-corrected chi connectivity index (χ1v) is 7.18. The standard InChI is InChI=1S/C15H19N3O6/c1-9-8-12(18(23)24)4-5-13(9)14(20)17(10(2)15(21)22)7-6-16-11(3)19/h4-5,8,10H,6-7H2,1-3H3,(H,16,19)(H,21,22). The summed E-state index contributed by atoms with van der Waals surface area (Å²) in [5.74, 6) is -2.05. The molecule has 1 aromatic rings. The SMILES string of the molecule is CC(=O)NCCN(C(=O)c1ccc([N+](=O)[O-])cc1C)C(C)C(=O)O. The number of hydrogen-bond donors (Lipinski definition) is 2. The molecule has 0 aliphatic carbocycles. The molecule has 0 fully saturated rings. The van der Waals surface area contributed by atoms with E-state index in [1.807, 2.05) is 0 Å². The van der Waals surface area contributed by atoms with Gasteiger partial charge in [0.05, 0.1) is 4.92 Å². The molecule has 9 nitrogen and oxygen atoms in total. The number of aryl methyl sites for hydroxylation is 1. The van der Waals surface area contributed by atoms with Crippen molar-refractivity contribution in [2.75, 3.05) is 13.1 Å². The fourth-order valence-corrected chi connectivity index (χ4v) is 2.11. The first-order valence-electron chi connectivity index (χ1n) is 7.18. The van der Waals surface area contributed by atoms with Crippen molar-refractivity contribution in [1.82, 2.24) is 10.2 Å². The maximum Gasteiger partial charge on any atom is 0.326 e. The number of nitrogens with zero attached hydrogens (tertiary/aromatic N) is 2. The highest BCUT2D eigenvalue weighted by molar-refractivity contribution is 5.98. The molecular formula is C15H19N3O6. The van der Waals surface area contributed by atoms with Crippen molar-refractivity contribution in [1.29, 1.82) is 0 Å². The highest BCUT2D eigenvalue weighted by Gasteiger charge is 2.27. The fraction of sp³-hybridized carbons (Fsp3) is 0.400. The molecule has 1 unspecified atom stereocenters. The van der Waals surface area contributed by atoms with Crippen LogP contribution in [-0.2, 0) is 9.59 Å². The molecule has 0 aliphatic heterocycles. The Morgan fingerprint density at radius 3 is 2.46 bits per heavy atom. The predicted molar refractivity (Wildman–Crippen MR) is 84.7 cm³/mol. The van der Waals surface area contributed by atoms with Gasteiger partial charge >= 0.3 is 5.97 Å². The van der Waals surface area contributed by atoms with Crippen LogP contribution in [0.4, 0.5) is 5.69 Å². The second kappa shape index (κ2) is 8.04. The summed E-state index contributed by atoms with van der Waals surface area (Å²) in [6, 6.07) is 2.64. The van der Waals surface area contributed by atoms with Crippen molar-refractivity contribution in [2.24, 2.45) is 0 Å². The summed E-state index contributed by atoms with van der Waals surface area (Å²) >= 11 is 0. The molecule has 0 bridgehead atoms. The van der Waals surface area contributed by atoms with E-state index in [0.717, 1.165) is 4.90 Å². The van der Waals surface area contributed by atoms with Gasteiger partial charge in [0, 0.05) is 37.7 Å². The zero-order chi connectivity index (χ0) is 18.4. The molecule has 0 aliphatic rings. The van der Waals surface area contributed by atoms with Gasteiger partial charge in [0.15, 0.2) is 0 Å². The van der Waals surface area contributed by atoms with E-state index in [-0.39, 0.29) is 30.2 Å². The highest BCUT2D eigenvalue weighted by Crippen LogP contribution is 2.19. The molecule has 0 saturated carbocycles. The molecule has 0 saturated heterocycles. The molecule has 0 heterocycles. The van der Waals surface area contributed by atoms with Gasteiger partial charge in [0.2, 0.25) is 5.91 Å². The molecule has 0 spiro atoms. The Morgan fingerprint density at radius 1 is 1.38 bits per heavy atom. The predicted octanol–water partition coefficient (Wildman–Crippen LogP) is 0.955. The molecule has 130 valence electrons. The molecule has 2 N–H and O–H groups in total. The number of nitro benzene ring substituents is 1. The molecule has 0 aromatic heterocycles. The number of non-ortho nitro benzene ring substituents is 1. The number of benzene rings is 1. The summed E-state index contributed by atoms with van der Waals surface area (Å²) in [5.41, 5.74) is 0.396. The molecule has 24 heavy (non-hydrogen) atoms. The second-order valence-corrected chi connectivity index (χ2v) is 5.25. The van der Waals surface area contributed by atoms with Crippen LogP contribution in [0.2, 0.25) is 0 Å². The summed E-state index contributed by atoms with van der Waals surface area (Å²) in [5, 5.41) is 22.4. The van der Waals surface area contributed by atoms with Crippen LogP contribution in [0.25, 0.3) is 0 Å². The van der Waals surface area contributed by atoms with E-state index in [1.165, 1.54) is 39.0 Å². The highest BCUT2D eigenvalue weighted by atomic mass is 16.6. The lowest BCUT2D eigenvalue weighted by Gasteiger charge is -2.27. The number of aliphatic carboxylic acids is 1. The van der Waals surface area contributed by atoms with Crippen LogP contribution in [-0.4, -0.2) is 51.8 Å². The van der Waals surface area contributed by atoms with Crippen LogP contribution in [0.15, 0.2) is 18.2 Å². The number of carbonyl (C=O) groups is 3. The largest absolute Gasteiger partial charge is 0.480 e. The third kappa shape index (κ3) is 4.77. The summed E-state index contributed by atoms with van der Waals surface area (Å²) < 4.78 is 0. The average molecular weight is 337 g/mol. The Bertz CT molecular complexity index is 673. The van der Waals surface area contributed by atoms with Crippen molar-refractivity contribution in [3.05, 3.63) is 39.4 Å². The van der Waals surface area contributed by atoms with Crippen molar-refractivity contribution >= 4 is 23.5 Å². The maximum absolute atomic E-state index is 12.6. The van der Waals surface area contributed by atoms with Gasteiger partial charge in [-0.25, -0.2) is 4.79 Å². The molecule has 0 radical (unpaired) electrons. The van der Waals surface area contributed by atoms with Crippen LogP contribution in [0.5, 0.6) is 0 Å². The molecule has 1 aromatic carbocycles. The Kier molecular flexibility index (Phi) is 6.39. The minimum atomic E-state index is -1.19. The van der Waals surface area contributed by atoms with E-state index in [1.54, 1.807) is 0 Å². The topological polar surface area (TPSA) is 130 Å². The van der Waals surface area contributed by atoms with Crippen LogP contribution < -0.4 is 5.32 Å². The summed E-state index contributed by atoms with van der Waals surface area (Å²) in [7, 11) is 0. The number of carbonyl (C=O) groups excluding carboxylic acids is 2. The van der Waals surface area contributed by atoms with Crippen molar-refractivity contribution in [3.8, 4) is 0 Å². The summed E-state index contributed by atoms with van der Waals surface area (Å²) in [6.07, 6.45) is 0. The van der Waals surface area contributed by atoms with Crippen LogP contribution in [0.1, 0.15) is 29.8 Å². The van der Waals surface area contributed by atoms with E-state index >= 15 is 0 Å². The Balaban J connectivity index is 3.08.